The Morgan fingerprint density at radius 2 is 1.93 bits per heavy atom. The lowest BCUT2D eigenvalue weighted by Gasteiger charge is -2.21. The Bertz CT molecular complexity index is 924. The van der Waals surface area contributed by atoms with Crippen molar-refractivity contribution in [2.45, 2.75) is 25.9 Å². The maximum atomic E-state index is 14.1. The highest BCUT2D eigenvalue weighted by molar-refractivity contribution is 14.0. The Morgan fingerprint density at radius 1 is 1.20 bits per heavy atom. The number of guanidine groups is 1. The number of nitrogens with zero attached hydrogens (tertiary/aromatic N) is 3. The first-order valence-corrected chi connectivity index (χ1v) is 9.44. The first-order chi connectivity index (χ1) is 14.0. The van der Waals surface area contributed by atoms with E-state index in [9.17, 15) is 13.2 Å². The summed E-state index contributed by atoms with van der Waals surface area (Å²) >= 11 is 0. The van der Waals surface area contributed by atoms with Crippen molar-refractivity contribution in [2.75, 3.05) is 24.5 Å². The number of aliphatic imine (C=N–C) groups is 1. The smallest absolute Gasteiger partial charge is 0.191 e. The molecule has 2 N–H and O–H groups in total. The van der Waals surface area contributed by atoms with Gasteiger partial charge in [0, 0.05) is 31.2 Å². The Hall–Kier alpha value is -2.48. The highest BCUT2D eigenvalue weighted by atomic mass is 127. The van der Waals surface area contributed by atoms with Gasteiger partial charge in [-0.2, -0.15) is 5.26 Å². The molecule has 0 amide bonds. The highest BCUT2D eigenvalue weighted by Crippen LogP contribution is 2.26. The van der Waals surface area contributed by atoms with E-state index in [1.165, 1.54) is 24.3 Å². The Kier molecular flexibility index (Phi) is 8.77. The topological polar surface area (TPSA) is 63.5 Å². The lowest BCUT2D eigenvalue weighted by Crippen LogP contribution is -2.44. The molecule has 1 heterocycles. The SMILES string of the molecule is CCNC(=NCc1ccc(C#N)cc1F)NC1CCN(c2c(F)cccc2F)C1.I. The second-order valence-electron chi connectivity index (χ2n) is 6.76. The van der Waals surface area contributed by atoms with Crippen molar-refractivity contribution in [3.05, 3.63) is 65.0 Å². The van der Waals surface area contributed by atoms with Gasteiger partial charge in [0.05, 0.1) is 18.2 Å². The molecule has 1 aliphatic heterocycles. The number of rotatable bonds is 5. The van der Waals surface area contributed by atoms with Crippen molar-refractivity contribution < 1.29 is 13.2 Å². The number of nitrogens with one attached hydrogen (secondary N) is 2. The van der Waals surface area contributed by atoms with Gasteiger partial charge in [-0.3, -0.25) is 0 Å². The van der Waals surface area contributed by atoms with Crippen LogP contribution in [-0.4, -0.2) is 31.6 Å². The van der Waals surface area contributed by atoms with Gasteiger partial charge in [-0.1, -0.05) is 12.1 Å². The summed E-state index contributed by atoms with van der Waals surface area (Å²) in [6.07, 6.45) is 0.684. The average molecular weight is 529 g/mol. The third kappa shape index (κ3) is 5.78. The fraction of sp³-hybridized carbons (Fsp3) is 0.333. The molecule has 9 heteroatoms. The van der Waals surface area contributed by atoms with Crippen LogP contribution in [0.5, 0.6) is 0 Å². The minimum atomic E-state index is -0.581. The Balaban J connectivity index is 0.00000320. The van der Waals surface area contributed by atoms with E-state index >= 15 is 0 Å². The number of nitriles is 1. The third-order valence-electron chi connectivity index (χ3n) is 4.72. The minimum absolute atomic E-state index is 0. The molecular weight excluding hydrogens is 506 g/mol. The van der Waals surface area contributed by atoms with E-state index in [1.807, 2.05) is 13.0 Å². The number of halogens is 4. The van der Waals surface area contributed by atoms with Crippen LogP contribution >= 0.6 is 24.0 Å². The van der Waals surface area contributed by atoms with Crippen molar-refractivity contribution in [3.63, 3.8) is 0 Å². The van der Waals surface area contributed by atoms with E-state index in [4.69, 9.17) is 5.26 Å². The van der Waals surface area contributed by atoms with Crippen LogP contribution in [0.25, 0.3) is 0 Å². The summed E-state index contributed by atoms with van der Waals surface area (Å²) < 4.78 is 42.1. The maximum Gasteiger partial charge on any atom is 0.191 e. The Labute approximate surface area is 191 Å². The van der Waals surface area contributed by atoms with Crippen LogP contribution in [0.15, 0.2) is 41.4 Å². The van der Waals surface area contributed by atoms with Crippen LogP contribution in [0.2, 0.25) is 0 Å². The third-order valence-corrected chi connectivity index (χ3v) is 4.72. The summed E-state index contributed by atoms with van der Waals surface area (Å²) in [5.41, 5.74) is 0.618. The van der Waals surface area contributed by atoms with Crippen LogP contribution in [-0.2, 0) is 6.54 Å². The number of anilines is 1. The predicted molar refractivity (Wildman–Crippen MR) is 121 cm³/mol. The molecule has 0 bridgehead atoms. The van der Waals surface area contributed by atoms with Crippen molar-refractivity contribution >= 4 is 35.6 Å². The first-order valence-electron chi connectivity index (χ1n) is 9.44. The normalized spacial score (nSPS) is 16.0. The fourth-order valence-electron chi connectivity index (χ4n) is 3.29. The van der Waals surface area contributed by atoms with Gasteiger partial charge in [-0.05, 0) is 37.6 Å². The van der Waals surface area contributed by atoms with Crippen molar-refractivity contribution in [1.82, 2.24) is 10.6 Å². The molecule has 1 aliphatic rings. The molecule has 0 radical (unpaired) electrons. The van der Waals surface area contributed by atoms with E-state index < -0.39 is 17.5 Å². The van der Waals surface area contributed by atoms with Gasteiger partial charge in [-0.25, -0.2) is 18.2 Å². The molecule has 160 valence electrons. The van der Waals surface area contributed by atoms with Crippen LogP contribution < -0.4 is 15.5 Å². The summed E-state index contributed by atoms with van der Waals surface area (Å²) in [5.74, 6) is -1.15. The van der Waals surface area contributed by atoms with Crippen LogP contribution in [0, 0.1) is 28.8 Å². The zero-order valence-corrected chi connectivity index (χ0v) is 18.8. The van der Waals surface area contributed by atoms with Crippen LogP contribution in [0.1, 0.15) is 24.5 Å². The minimum Gasteiger partial charge on any atom is -0.365 e. The molecule has 1 unspecified atom stereocenters. The maximum absolute atomic E-state index is 14.1. The van der Waals surface area contributed by atoms with Crippen molar-refractivity contribution in [2.24, 2.45) is 4.99 Å². The van der Waals surface area contributed by atoms with Gasteiger partial charge in [0.25, 0.3) is 0 Å². The zero-order chi connectivity index (χ0) is 20.8. The van der Waals surface area contributed by atoms with Gasteiger partial charge < -0.3 is 15.5 Å². The van der Waals surface area contributed by atoms with Gasteiger partial charge in [-0.15, -0.1) is 24.0 Å². The predicted octanol–water partition coefficient (Wildman–Crippen LogP) is 3.93. The molecule has 2 aromatic carbocycles. The molecule has 0 spiro atoms. The second kappa shape index (κ2) is 11.1. The fourth-order valence-corrected chi connectivity index (χ4v) is 3.29. The second-order valence-corrected chi connectivity index (χ2v) is 6.76. The van der Waals surface area contributed by atoms with Gasteiger partial charge >= 0.3 is 0 Å². The van der Waals surface area contributed by atoms with Gasteiger partial charge in [0.1, 0.15) is 23.1 Å². The molecule has 0 saturated carbocycles. The number of hydrogen-bond acceptors (Lipinski definition) is 3. The molecule has 0 aliphatic carbocycles. The summed E-state index contributed by atoms with van der Waals surface area (Å²) in [7, 11) is 0. The molecule has 2 aromatic rings. The van der Waals surface area contributed by atoms with Crippen molar-refractivity contribution in [1.29, 1.82) is 5.26 Å². The van der Waals surface area contributed by atoms with Gasteiger partial charge in [0.2, 0.25) is 0 Å². The zero-order valence-electron chi connectivity index (χ0n) is 16.5. The Morgan fingerprint density at radius 3 is 2.57 bits per heavy atom. The molecule has 5 nitrogen and oxygen atoms in total. The summed E-state index contributed by atoms with van der Waals surface area (Å²) in [6, 6.07) is 9.95. The summed E-state index contributed by atoms with van der Waals surface area (Å²) in [6.45, 7) is 3.56. The van der Waals surface area contributed by atoms with Crippen molar-refractivity contribution in [3.8, 4) is 6.07 Å². The van der Waals surface area contributed by atoms with Crippen LogP contribution in [0.3, 0.4) is 0 Å². The lowest BCUT2D eigenvalue weighted by atomic mass is 10.1. The van der Waals surface area contributed by atoms with E-state index in [0.717, 1.165) is 0 Å². The van der Waals surface area contributed by atoms with E-state index in [1.54, 1.807) is 17.0 Å². The first kappa shape index (κ1) is 23.8. The lowest BCUT2D eigenvalue weighted by molar-refractivity contribution is 0.576. The average Bonchev–Trinajstić information content (AvgIpc) is 3.14. The molecular formula is C21H23F3IN5. The molecule has 1 saturated heterocycles. The summed E-state index contributed by atoms with van der Waals surface area (Å²) in [5, 5.41) is 15.2. The van der Waals surface area contributed by atoms with E-state index in [0.29, 0.717) is 37.6 Å². The molecule has 1 atom stereocenters. The quantitative estimate of drug-likeness (QED) is 0.350. The largest absolute Gasteiger partial charge is 0.365 e. The number of para-hydroxylation sites is 1. The monoisotopic (exact) mass is 529 g/mol. The molecule has 1 fully saturated rings. The van der Waals surface area contributed by atoms with E-state index in [-0.39, 0.29) is 47.8 Å². The highest BCUT2D eigenvalue weighted by Gasteiger charge is 2.27. The molecule has 0 aromatic heterocycles. The molecule has 3 rings (SSSR count). The molecule has 30 heavy (non-hydrogen) atoms. The summed E-state index contributed by atoms with van der Waals surface area (Å²) in [4.78, 5) is 6.07. The van der Waals surface area contributed by atoms with Crippen LogP contribution in [0.4, 0.5) is 18.9 Å². The number of benzene rings is 2. The van der Waals surface area contributed by atoms with E-state index in [2.05, 4.69) is 15.6 Å². The number of hydrogen-bond donors (Lipinski definition) is 2. The standard InChI is InChI=1S/C21H22F3N5.HI/c1-2-26-21(27-12-15-7-6-14(11-25)10-19(15)24)28-16-8-9-29(13-16)20-17(22)4-3-5-18(20)23;/h3-7,10,16H,2,8-9,12-13H2,1H3,(H2,26,27,28);1H. The van der Waals surface area contributed by atoms with Gasteiger partial charge in [0.15, 0.2) is 5.96 Å².